The van der Waals surface area contributed by atoms with Crippen molar-refractivity contribution >= 4 is 22.6 Å². The Bertz CT molecular complexity index is 750. The molecule has 21 heavy (non-hydrogen) atoms. The van der Waals surface area contributed by atoms with Crippen LogP contribution in [0.3, 0.4) is 0 Å². The van der Waals surface area contributed by atoms with Crippen molar-refractivity contribution in [3.63, 3.8) is 0 Å². The van der Waals surface area contributed by atoms with Gasteiger partial charge in [0.15, 0.2) is 6.61 Å². The number of halogens is 1. The van der Waals surface area contributed by atoms with Crippen molar-refractivity contribution < 1.29 is 37.4 Å². The fraction of sp³-hybridized carbons (Fsp3) is 0.200. The number of aryl methyl sites for hydroxylation is 1. The first-order valence-corrected chi connectivity index (χ1v) is 7.00. The molecule has 0 N–H and O–H groups in total. The van der Waals surface area contributed by atoms with E-state index in [1.165, 1.54) is 0 Å². The second-order valence-electron chi connectivity index (χ2n) is 4.27. The van der Waals surface area contributed by atoms with E-state index in [9.17, 15) is 4.79 Å². The average molecular weight is 468 g/mol. The van der Waals surface area contributed by atoms with Gasteiger partial charge in [0, 0.05) is 39.8 Å². The third kappa shape index (κ3) is 4.15. The topological polar surface area (TPSA) is 55.0 Å². The van der Waals surface area contributed by atoms with Crippen molar-refractivity contribution in [2.45, 2.75) is 6.92 Å². The molecule has 0 saturated heterocycles. The third-order valence-electron chi connectivity index (χ3n) is 2.94. The first kappa shape index (κ1) is 18.3. The van der Waals surface area contributed by atoms with Gasteiger partial charge in [-0.05, 0) is 15.7 Å². The first-order chi connectivity index (χ1) is 9.54. The van der Waals surface area contributed by atoms with E-state index < -0.39 is 0 Å². The largest absolute Gasteiger partial charge is 0.479 e. The molecule has 1 radical (unpaired) electrons. The van der Waals surface area contributed by atoms with E-state index in [0.29, 0.717) is 9.32 Å². The third-order valence-corrected chi connectivity index (χ3v) is 3.71. The second-order valence-corrected chi connectivity index (χ2v) is 5.44. The molecular weight excluding hydrogens is 456 g/mol. The fourth-order valence-corrected chi connectivity index (χ4v) is 2.44. The van der Waals surface area contributed by atoms with Gasteiger partial charge in [-0.25, -0.2) is 0 Å². The van der Waals surface area contributed by atoms with Crippen LogP contribution in [0.5, 0.6) is 5.75 Å². The summed E-state index contributed by atoms with van der Waals surface area (Å²) in [5.41, 5.74) is 2.58. The Balaban J connectivity index is 0.00000220. The molecule has 0 aliphatic heterocycles. The quantitative estimate of drug-likeness (QED) is 0.515. The van der Waals surface area contributed by atoms with Crippen LogP contribution in [0.15, 0.2) is 29.1 Å². The monoisotopic (exact) mass is 468 g/mol. The number of ether oxygens (including phenoxy) is 1. The van der Waals surface area contributed by atoms with Crippen molar-refractivity contribution in [3.05, 3.63) is 49.8 Å². The zero-order valence-corrected chi connectivity index (χ0v) is 16.7. The van der Waals surface area contributed by atoms with Gasteiger partial charge in [0.1, 0.15) is 11.8 Å². The number of hydrogen-bond acceptors (Lipinski definition) is 3. The van der Waals surface area contributed by atoms with Crippen LogP contribution < -0.4 is 10.3 Å². The molecule has 2 rings (SSSR count). The van der Waals surface area contributed by atoms with Crippen molar-refractivity contribution in [2.75, 3.05) is 6.61 Å². The molecule has 2 aromatic rings. The van der Waals surface area contributed by atoms with Gasteiger partial charge in [-0.2, -0.15) is 17.4 Å². The molecule has 0 spiro atoms. The molecule has 1 aromatic heterocycles. The van der Waals surface area contributed by atoms with Gasteiger partial charge in [0.2, 0.25) is 5.56 Å². The van der Waals surface area contributed by atoms with E-state index in [4.69, 9.17) is 10.00 Å². The van der Waals surface area contributed by atoms with Crippen LogP contribution in [0, 0.1) is 27.9 Å². The van der Waals surface area contributed by atoms with Gasteiger partial charge in [-0.15, -0.1) is 28.7 Å². The number of hydrogen-bond donors (Lipinski definition) is 0. The van der Waals surface area contributed by atoms with E-state index in [2.05, 4.69) is 6.07 Å². The van der Waals surface area contributed by atoms with E-state index in [0.717, 1.165) is 16.8 Å². The minimum atomic E-state index is -0.0384. The number of rotatable bonds is 3. The molecule has 0 bridgehead atoms. The summed E-state index contributed by atoms with van der Waals surface area (Å²) >= 11 is 2.00. The standard InChI is InChI=1S/C15H12IN2O2.Y/c1-10-9-11(20-8-7-17)3-4-12(10)14-6-5-13(16)15(19)18(14)2;/h3-5,9H,8H2,1-2H3;/q-1;. The zero-order valence-electron chi connectivity index (χ0n) is 11.7. The predicted octanol–water partition coefficient (Wildman–Crippen LogP) is 2.67. The molecule has 0 unspecified atom stereocenters. The van der Waals surface area contributed by atoms with Crippen LogP contribution in [0.4, 0.5) is 0 Å². The summed E-state index contributed by atoms with van der Waals surface area (Å²) in [6.45, 7) is 1.96. The summed E-state index contributed by atoms with van der Waals surface area (Å²) in [4.78, 5) is 12.0. The summed E-state index contributed by atoms with van der Waals surface area (Å²) in [6.07, 6.45) is 0. The summed E-state index contributed by atoms with van der Waals surface area (Å²) in [5.74, 6) is 0.642. The number of nitrogens with zero attached hydrogens (tertiary/aromatic N) is 2. The summed E-state index contributed by atoms with van der Waals surface area (Å²) in [7, 11) is 1.73. The minimum Gasteiger partial charge on any atom is -0.479 e. The van der Waals surface area contributed by atoms with Crippen LogP contribution >= 0.6 is 22.6 Å². The Kier molecular flexibility index (Phi) is 7.05. The van der Waals surface area contributed by atoms with Gasteiger partial charge in [0.05, 0.1) is 0 Å². The molecule has 105 valence electrons. The molecule has 0 amide bonds. The molecule has 6 heteroatoms. The maximum atomic E-state index is 12.0. The van der Waals surface area contributed by atoms with E-state index >= 15 is 0 Å². The van der Waals surface area contributed by atoms with Gasteiger partial charge < -0.3 is 9.30 Å². The maximum absolute atomic E-state index is 12.0. The normalized spacial score (nSPS) is 9.62. The molecule has 0 atom stereocenters. The Morgan fingerprint density at radius 2 is 2.19 bits per heavy atom. The summed E-state index contributed by atoms with van der Waals surface area (Å²) in [6, 6.07) is 12.3. The van der Waals surface area contributed by atoms with Crippen molar-refractivity contribution in [1.29, 1.82) is 5.26 Å². The molecule has 0 aliphatic rings. The predicted molar refractivity (Wildman–Crippen MR) is 84.5 cm³/mol. The van der Waals surface area contributed by atoms with E-state index in [1.807, 2.05) is 47.7 Å². The molecule has 4 nitrogen and oxygen atoms in total. The van der Waals surface area contributed by atoms with Crippen LogP contribution in [0.2, 0.25) is 0 Å². The fourth-order valence-electron chi connectivity index (χ4n) is 1.92. The van der Waals surface area contributed by atoms with Gasteiger partial charge in [0.25, 0.3) is 0 Å². The van der Waals surface area contributed by atoms with Crippen LogP contribution in [0.25, 0.3) is 11.3 Å². The number of nitriles is 1. The summed E-state index contributed by atoms with van der Waals surface area (Å²) in [5, 5.41) is 8.50. The molecule has 0 saturated carbocycles. The number of benzene rings is 1. The Morgan fingerprint density at radius 1 is 1.48 bits per heavy atom. The first-order valence-electron chi connectivity index (χ1n) is 5.92. The Labute approximate surface area is 162 Å². The molecular formula is C15H12IN2O2Y-. The van der Waals surface area contributed by atoms with Crippen molar-refractivity contribution in [2.24, 2.45) is 7.05 Å². The van der Waals surface area contributed by atoms with Crippen LogP contribution in [-0.4, -0.2) is 11.2 Å². The summed E-state index contributed by atoms with van der Waals surface area (Å²) < 4.78 is 7.48. The smallest absolute Gasteiger partial charge is 0.207 e. The maximum Gasteiger partial charge on any atom is 0.207 e. The molecule has 1 aromatic carbocycles. The number of aromatic nitrogens is 1. The van der Waals surface area contributed by atoms with E-state index in [1.54, 1.807) is 23.7 Å². The van der Waals surface area contributed by atoms with Crippen molar-refractivity contribution in [1.82, 2.24) is 4.57 Å². The Morgan fingerprint density at radius 3 is 2.81 bits per heavy atom. The van der Waals surface area contributed by atoms with Crippen LogP contribution in [-0.2, 0) is 39.8 Å². The molecule has 0 fully saturated rings. The SMILES string of the molecule is Cc1cc(OCC#N)ccc1-c1[c-]cc(I)c(=O)n1C.[Y]. The van der Waals surface area contributed by atoms with Gasteiger partial charge in [-0.3, -0.25) is 4.79 Å². The Hall–Kier alpha value is -0.706. The van der Waals surface area contributed by atoms with Crippen LogP contribution in [0.1, 0.15) is 5.56 Å². The second kappa shape index (κ2) is 8.07. The van der Waals surface area contributed by atoms with Gasteiger partial charge in [-0.1, -0.05) is 23.7 Å². The van der Waals surface area contributed by atoms with E-state index in [-0.39, 0.29) is 44.9 Å². The average Bonchev–Trinajstić information content (AvgIpc) is 2.44. The molecule has 1 heterocycles. The van der Waals surface area contributed by atoms with Gasteiger partial charge >= 0.3 is 0 Å². The molecule has 0 aliphatic carbocycles. The number of pyridine rings is 1. The zero-order chi connectivity index (χ0) is 14.7. The van der Waals surface area contributed by atoms with Crippen molar-refractivity contribution in [3.8, 4) is 23.1 Å². The minimum absolute atomic E-state index is 0.